The summed E-state index contributed by atoms with van der Waals surface area (Å²) in [5.41, 5.74) is 5.52. The summed E-state index contributed by atoms with van der Waals surface area (Å²) in [4.78, 5) is 54.8. The van der Waals surface area contributed by atoms with E-state index in [1.54, 1.807) is 30.3 Å². The summed E-state index contributed by atoms with van der Waals surface area (Å²) in [6, 6.07) is 9.87. The highest BCUT2D eigenvalue weighted by Crippen LogP contribution is 2.44. The fraction of sp³-hybridized carbons (Fsp3) is 0.515. The molecule has 40 heavy (non-hydrogen) atoms. The number of Topliss-reactive ketones (excluding diaryl/α,β-unsaturated/α-hetero) is 2. The van der Waals surface area contributed by atoms with E-state index in [1.165, 1.54) is 0 Å². The van der Waals surface area contributed by atoms with Crippen molar-refractivity contribution in [1.29, 1.82) is 0 Å². The van der Waals surface area contributed by atoms with Crippen molar-refractivity contribution in [2.75, 3.05) is 5.73 Å². The molecule has 1 amide bonds. The Morgan fingerprint density at radius 1 is 0.925 bits per heavy atom. The number of esters is 1. The van der Waals surface area contributed by atoms with E-state index in [4.69, 9.17) is 10.5 Å². The molecule has 2 aromatic rings. The monoisotopic (exact) mass is 548 g/mol. The summed E-state index contributed by atoms with van der Waals surface area (Å²) in [6.07, 6.45) is 7.31. The number of unbranched alkanes of at least 4 members (excludes halogenated alkanes) is 5. The van der Waals surface area contributed by atoms with Gasteiger partial charge in [-0.2, -0.15) is 0 Å². The van der Waals surface area contributed by atoms with E-state index >= 15 is 0 Å². The largest absolute Gasteiger partial charge is 0.426 e. The molecule has 2 unspecified atom stereocenters. The fourth-order valence-electron chi connectivity index (χ4n) is 5.23. The van der Waals surface area contributed by atoms with Crippen LogP contribution in [0.4, 0.5) is 5.69 Å². The van der Waals surface area contributed by atoms with Crippen LogP contribution in [0.15, 0.2) is 36.4 Å². The number of benzene rings is 2. The number of nitrogens with one attached hydrogen (secondary N) is 1. The first-order valence-corrected chi connectivity index (χ1v) is 14.7. The summed E-state index contributed by atoms with van der Waals surface area (Å²) in [7, 11) is 0. The molecule has 0 aliphatic heterocycles. The Labute approximate surface area is 238 Å². The number of anilines is 1. The molecule has 0 saturated carbocycles. The molecule has 1 aliphatic carbocycles. The van der Waals surface area contributed by atoms with Crippen molar-refractivity contribution in [3.8, 4) is 5.75 Å². The predicted octanol–water partition coefficient (Wildman–Crippen LogP) is 6.88. The van der Waals surface area contributed by atoms with Gasteiger partial charge in [0, 0.05) is 23.2 Å². The van der Waals surface area contributed by atoms with Gasteiger partial charge in [0.15, 0.2) is 5.54 Å². The lowest BCUT2D eigenvalue weighted by molar-refractivity contribution is -0.138. The summed E-state index contributed by atoms with van der Waals surface area (Å²) in [6.45, 7) is 10.0. The van der Waals surface area contributed by atoms with E-state index in [0.29, 0.717) is 12.8 Å². The van der Waals surface area contributed by atoms with Gasteiger partial charge in [0.2, 0.25) is 17.5 Å². The SMILES string of the molecule is CCCCCCC(=O)NC1(c2ccc(C(C)C)cc2OC(=O)C(C)CCCCC)C(=O)c2cccc(N)c2C1=O. The van der Waals surface area contributed by atoms with Crippen LogP contribution in [0.5, 0.6) is 5.75 Å². The van der Waals surface area contributed by atoms with Crippen LogP contribution in [0.2, 0.25) is 0 Å². The molecule has 216 valence electrons. The number of ether oxygens (including phenoxy) is 1. The Morgan fingerprint density at radius 3 is 2.27 bits per heavy atom. The Balaban J connectivity index is 2.12. The first-order valence-electron chi connectivity index (χ1n) is 14.7. The minimum Gasteiger partial charge on any atom is -0.426 e. The molecule has 2 atom stereocenters. The normalized spacial score (nSPS) is 17.1. The number of carbonyl (C=O) groups excluding carboxylic acids is 4. The lowest BCUT2D eigenvalue weighted by Crippen LogP contribution is -2.54. The van der Waals surface area contributed by atoms with Crippen LogP contribution in [0.1, 0.15) is 130 Å². The molecule has 0 aromatic heterocycles. The molecular formula is C33H44N2O5. The number of ketones is 2. The zero-order chi connectivity index (χ0) is 29.4. The number of hydrogen-bond acceptors (Lipinski definition) is 6. The van der Waals surface area contributed by atoms with Crippen molar-refractivity contribution in [2.24, 2.45) is 5.92 Å². The smallest absolute Gasteiger partial charge is 0.314 e. The zero-order valence-electron chi connectivity index (χ0n) is 24.6. The summed E-state index contributed by atoms with van der Waals surface area (Å²) in [5.74, 6) is -2.20. The number of rotatable bonds is 14. The Bertz CT molecular complexity index is 1250. The molecule has 7 heteroatoms. The minimum absolute atomic E-state index is 0.0805. The maximum Gasteiger partial charge on any atom is 0.314 e. The lowest BCUT2D eigenvalue weighted by Gasteiger charge is -2.30. The van der Waals surface area contributed by atoms with Gasteiger partial charge in [0.1, 0.15) is 5.75 Å². The first-order chi connectivity index (χ1) is 19.1. The molecule has 3 rings (SSSR count). The van der Waals surface area contributed by atoms with Crippen LogP contribution in [0.3, 0.4) is 0 Å². The third-order valence-electron chi connectivity index (χ3n) is 7.76. The van der Waals surface area contributed by atoms with Crippen molar-refractivity contribution in [1.82, 2.24) is 5.32 Å². The molecule has 0 bridgehead atoms. The van der Waals surface area contributed by atoms with E-state index in [2.05, 4.69) is 19.2 Å². The summed E-state index contributed by atoms with van der Waals surface area (Å²) >= 11 is 0. The van der Waals surface area contributed by atoms with Crippen LogP contribution in [-0.2, 0) is 15.1 Å². The van der Waals surface area contributed by atoms with Gasteiger partial charge in [-0.05, 0) is 36.5 Å². The maximum absolute atomic E-state index is 14.2. The molecule has 0 spiro atoms. The van der Waals surface area contributed by atoms with E-state index in [0.717, 1.165) is 44.1 Å². The molecule has 3 N–H and O–H groups in total. The van der Waals surface area contributed by atoms with Crippen molar-refractivity contribution in [3.63, 3.8) is 0 Å². The number of carbonyl (C=O) groups is 4. The second kappa shape index (κ2) is 13.7. The quantitative estimate of drug-likeness (QED) is 0.0874. The molecule has 2 aromatic carbocycles. The number of fused-ring (bicyclic) bond motifs is 1. The third kappa shape index (κ3) is 6.45. The molecule has 0 fully saturated rings. The van der Waals surface area contributed by atoms with Gasteiger partial charge in [0.25, 0.3) is 0 Å². The first kappa shape index (κ1) is 31.1. The van der Waals surface area contributed by atoms with Gasteiger partial charge in [-0.1, -0.05) is 97.4 Å². The van der Waals surface area contributed by atoms with Crippen molar-refractivity contribution < 1.29 is 23.9 Å². The van der Waals surface area contributed by atoms with E-state index in [1.807, 2.05) is 26.8 Å². The highest BCUT2D eigenvalue weighted by atomic mass is 16.5. The van der Waals surface area contributed by atoms with Crippen LogP contribution in [0.25, 0.3) is 0 Å². The van der Waals surface area contributed by atoms with Gasteiger partial charge in [-0.15, -0.1) is 0 Å². The lowest BCUT2D eigenvalue weighted by atomic mass is 9.82. The van der Waals surface area contributed by atoms with Crippen molar-refractivity contribution in [3.05, 3.63) is 58.7 Å². The van der Waals surface area contributed by atoms with E-state index in [9.17, 15) is 19.2 Å². The second-order valence-electron chi connectivity index (χ2n) is 11.3. The van der Waals surface area contributed by atoms with Crippen LogP contribution >= 0.6 is 0 Å². The van der Waals surface area contributed by atoms with E-state index < -0.39 is 29.0 Å². The molecule has 1 aliphatic rings. The Kier molecular flexibility index (Phi) is 10.7. The number of hydrogen-bond donors (Lipinski definition) is 2. The third-order valence-corrected chi connectivity index (χ3v) is 7.76. The molecule has 0 heterocycles. The summed E-state index contributed by atoms with van der Waals surface area (Å²) < 4.78 is 5.96. The average molecular weight is 549 g/mol. The van der Waals surface area contributed by atoms with Crippen LogP contribution < -0.4 is 15.8 Å². The maximum atomic E-state index is 14.2. The molecule has 0 radical (unpaired) electrons. The van der Waals surface area contributed by atoms with Crippen LogP contribution in [0, 0.1) is 5.92 Å². The standard InChI is InChI=1S/C33H44N2O5/c1-6-8-10-12-17-28(36)35-33(30(37)24-15-13-16-26(34)29(24)31(33)38)25-19-18-23(21(3)4)20-27(25)40-32(39)22(5)14-11-9-7-2/h13,15-16,18-22H,6-12,14,17,34H2,1-5H3,(H,35,36). The highest BCUT2D eigenvalue weighted by Gasteiger charge is 2.57. The number of nitrogen functional groups attached to an aromatic ring is 1. The van der Waals surface area contributed by atoms with Gasteiger partial charge >= 0.3 is 5.97 Å². The fourth-order valence-corrected chi connectivity index (χ4v) is 5.23. The zero-order valence-corrected chi connectivity index (χ0v) is 24.6. The molecule has 0 saturated heterocycles. The van der Waals surface area contributed by atoms with Gasteiger partial charge in [0.05, 0.1) is 11.5 Å². The molecule has 7 nitrogen and oxygen atoms in total. The predicted molar refractivity (Wildman–Crippen MR) is 158 cm³/mol. The highest BCUT2D eigenvalue weighted by molar-refractivity contribution is 6.35. The Morgan fingerprint density at radius 2 is 1.62 bits per heavy atom. The summed E-state index contributed by atoms with van der Waals surface area (Å²) in [5, 5.41) is 2.81. The topological polar surface area (TPSA) is 116 Å². The minimum atomic E-state index is -2.07. The number of amides is 1. The van der Waals surface area contributed by atoms with Gasteiger partial charge < -0.3 is 15.8 Å². The van der Waals surface area contributed by atoms with Gasteiger partial charge in [-0.3, -0.25) is 19.2 Å². The average Bonchev–Trinajstić information content (AvgIpc) is 3.14. The van der Waals surface area contributed by atoms with Crippen molar-refractivity contribution >= 4 is 29.1 Å². The van der Waals surface area contributed by atoms with Crippen LogP contribution in [-0.4, -0.2) is 23.4 Å². The van der Waals surface area contributed by atoms with Crippen molar-refractivity contribution in [2.45, 2.75) is 104 Å². The van der Waals surface area contributed by atoms with Gasteiger partial charge in [-0.25, -0.2) is 0 Å². The number of nitrogens with two attached hydrogens (primary N) is 1. The molecular weight excluding hydrogens is 504 g/mol. The van der Waals surface area contributed by atoms with E-state index in [-0.39, 0.29) is 46.4 Å². The Hall–Kier alpha value is -3.48. The second-order valence-corrected chi connectivity index (χ2v) is 11.3.